The highest BCUT2D eigenvalue weighted by molar-refractivity contribution is 9.10. The summed E-state index contributed by atoms with van der Waals surface area (Å²) in [5.41, 5.74) is 1.76. The fourth-order valence-electron chi connectivity index (χ4n) is 3.94. The summed E-state index contributed by atoms with van der Waals surface area (Å²) in [6.07, 6.45) is 3.28. The molecule has 0 amide bonds. The lowest BCUT2D eigenvalue weighted by molar-refractivity contribution is 0.0507. The maximum atomic E-state index is 12.2. The summed E-state index contributed by atoms with van der Waals surface area (Å²) in [6.45, 7) is 4.57. The van der Waals surface area contributed by atoms with E-state index in [4.69, 9.17) is 4.84 Å². The Kier molecular flexibility index (Phi) is 4.23. The maximum absolute atomic E-state index is 12.2. The Morgan fingerprint density at radius 2 is 2.14 bits per heavy atom. The predicted octanol–water partition coefficient (Wildman–Crippen LogP) is 5.18. The topological polar surface area (TPSA) is 38.7 Å². The average molecular weight is 429 g/mol. The summed E-state index contributed by atoms with van der Waals surface area (Å²) in [4.78, 5) is 17.4. The minimum atomic E-state index is -0.410. The molecule has 2 aliphatic rings. The summed E-state index contributed by atoms with van der Waals surface area (Å²) in [5, 5.41) is 5.22. The molecule has 0 spiro atoms. The second kappa shape index (κ2) is 5.75. The Morgan fingerprint density at radius 3 is 2.77 bits per heavy atom. The molecule has 3 nitrogen and oxygen atoms in total. The van der Waals surface area contributed by atoms with Crippen LogP contribution in [0.3, 0.4) is 0 Å². The predicted molar refractivity (Wildman–Crippen MR) is 94.3 cm³/mol. The Labute approximate surface area is 147 Å². The minimum Gasteiger partial charge on any atom is -0.313 e. The zero-order chi connectivity index (χ0) is 16.0. The Bertz CT molecular complexity index is 645. The highest BCUT2D eigenvalue weighted by atomic mass is 79.9. The molecular formula is C17H19Br2NO2. The van der Waals surface area contributed by atoms with Gasteiger partial charge in [-0.2, -0.15) is 0 Å². The van der Waals surface area contributed by atoms with Crippen molar-refractivity contribution in [2.75, 3.05) is 5.33 Å². The number of fused-ring (bicyclic) bond motifs is 2. The van der Waals surface area contributed by atoms with Gasteiger partial charge in [-0.25, -0.2) is 4.79 Å². The zero-order valence-electron chi connectivity index (χ0n) is 12.7. The molecule has 22 heavy (non-hydrogen) atoms. The molecule has 2 saturated carbocycles. The van der Waals surface area contributed by atoms with Crippen LogP contribution in [0, 0.1) is 16.7 Å². The van der Waals surface area contributed by atoms with Gasteiger partial charge in [-0.15, -0.1) is 0 Å². The second-order valence-electron chi connectivity index (χ2n) is 6.72. The van der Waals surface area contributed by atoms with Gasteiger partial charge < -0.3 is 4.84 Å². The van der Waals surface area contributed by atoms with Gasteiger partial charge in [-0.1, -0.05) is 47.1 Å². The number of benzene rings is 1. The van der Waals surface area contributed by atoms with Crippen molar-refractivity contribution < 1.29 is 9.63 Å². The number of rotatable bonds is 3. The SMILES string of the molecule is CC12CCC(CC1=NOC(=O)c1ccccc1Br)C2(C)CBr. The molecule has 0 saturated heterocycles. The summed E-state index contributed by atoms with van der Waals surface area (Å²) >= 11 is 7.04. The van der Waals surface area contributed by atoms with Gasteiger partial charge in [0.05, 0.1) is 11.3 Å². The van der Waals surface area contributed by atoms with E-state index >= 15 is 0 Å². The van der Waals surface area contributed by atoms with E-state index in [1.54, 1.807) is 6.07 Å². The number of hydrogen-bond donors (Lipinski definition) is 0. The Morgan fingerprint density at radius 1 is 1.41 bits per heavy atom. The summed E-state index contributed by atoms with van der Waals surface area (Å²) < 4.78 is 0.727. The van der Waals surface area contributed by atoms with E-state index < -0.39 is 5.97 Å². The van der Waals surface area contributed by atoms with Crippen LogP contribution >= 0.6 is 31.9 Å². The smallest absolute Gasteiger partial charge is 0.313 e. The Hall–Kier alpha value is -0.680. The van der Waals surface area contributed by atoms with Gasteiger partial charge in [0.15, 0.2) is 0 Å². The quantitative estimate of drug-likeness (QED) is 0.377. The van der Waals surface area contributed by atoms with Gasteiger partial charge in [0.1, 0.15) is 0 Å². The first-order chi connectivity index (χ1) is 10.4. The van der Waals surface area contributed by atoms with Crippen LogP contribution in [0.2, 0.25) is 0 Å². The lowest BCUT2D eigenvalue weighted by Crippen LogP contribution is -2.36. The van der Waals surface area contributed by atoms with Crippen molar-refractivity contribution in [2.45, 2.75) is 33.1 Å². The van der Waals surface area contributed by atoms with Crippen LogP contribution < -0.4 is 0 Å². The second-order valence-corrected chi connectivity index (χ2v) is 8.13. The number of oxime groups is 1. The van der Waals surface area contributed by atoms with Gasteiger partial charge >= 0.3 is 5.97 Å². The summed E-state index contributed by atoms with van der Waals surface area (Å²) in [7, 11) is 0. The van der Waals surface area contributed by atoms with E-state index in [1.807, 2.05) is 18.2 Å². The molecule has 2 aliphatic carbocycles. The van der Waals surface area contributed by atoms with E-state index in [0.717, 1.165) is 28.4 Å². The first kappa shape index (κ1) is 16.2. The minimum absolute atomic E-state index is 0.0232. The van der Waals surface area contributed by atoms with Crippen LogP contribution in [0.1, 0.15) is 43.5 Å². The van der Waals surface area contributed by atoms with Crippen LogP contribution in [0.15, 0.2) is 33.9 Å². The lowest BCUT2D eigenvalue weighted by Gasteiger charge is -2.36. The first-order valence-corrected chi connectivity index (χ1v) is 9.43. The van der Waals surface area contributed by atoms with Crippen LogP contribution in [-0.4, -0.2) is 17.0 Å². The maximum Gasteiger partial charge on any atom is 0.366 e. The van der Waals surface area contributed by atoms with Gasteiger partial charge in [0.2, 0.25) is 0 Å². The van der Waals surface area contributed by atoms with Gasteiger partial charge in [-0.3, -0.25) is 0 Å². The fourth-order valence-corrected chi connectivity index (χ4v) is 5.47. The molecule has 3 rings (SSSR count). The van der Waals surface area contributed by atoms with Crippen molar-refractivity contribution in [2.24, 2.45) is 21.9 Å². The van der Waals surface area contributed by atoms with E-state index in [-0.39, 0.29) is 10.8 Å². The molecule has 118 valence electrons. The average Bonchev–Trinajstić information content (AvgIpc) is 2.89. The molecule has 3 atom stereocenters. The third-order valence-corrected chi connectivity index (χ3v) is 7.70. The number of nitrogens with zero attached hydrogens (tertiary/aromatic N) is 1. The summed E-state index contributed by atoms with van der Waals surface area (Å²) in [6, 6.07) is 7.24. The van der Waals surface area contributed by atoms with E-state index in [0.29, 0.717) is 11.5 Å². The molecule has 2 bridgehead atoms. The normalized spacial score (nSPS) is 35.1. The van der Waals surface area contributed by atoms with Crippen molar-refractivity contribution >= 4 is 43.5 Å². The number of alkyl halides is 1. The molecule has 0 N–H and O–H groups in total. The van der Waals surface area contributed by atoms with Crippen molar-refractivity contribution in [1.29, 1.82) is 0 Å². The molecule has 3 unspecified atom stereocenters. The monoisotopic (exact) mass is 427 g/mol. The van der Waals surface area contributed by atoms with Gasteiger partial charge in [-0.05, 0) is 58.7 Å². The highest BCUT2D eigenvalue weighted by Gasteiger charge is 2.62. The van der Waals surface area contributed by atoms with Crippen molar-refractivity contribution in [1.82, 2.24) is 0 Å². The van der Waals surface area contributed by atoms with Crippen LogP contribution in [0.25, 0.3) is 0 Å². The van der Waals surface area contributed by atoms with Gasteiger partial charge in [0, 0.05) is 15.2 Å². The molecule has 1 aromatic rings. The molecule has 0 radical (unpaired) electrons. The Balaban J connectivity index is 1.81. The third-order valence-electron chi connectivity index (χ3n) is 5.84. The van der Waals surface area contributed by atoms with Crippen LogP contribution in [0.5, 0.6) is 0 Å². The molecule has 2 fully saturated rings. The highest BCUT2D eigenvalue weighted by Crippen LogP contribution is 2.64. The van der Waals surface area contributed by atoms with Crippen molar-refractivity contribution in [3.05, 3.63) is 34.3 Å². The number of halogens is 2. The molecule has 0 heterocycles. The van der Waals surface area contributed by atoms with Gasteiger partial charge in [0.25, 0.3) is 0 Å². The third kappa shape index (κ3) is 2.28. The largest absolute Gasteiger partial charge is 0.366 e. The standard InChI is InChI=1S/C17H19Br2NO2/c1-16-8-7-11(17(16,2)10-18)9-14(16)20-22-15(21)12-5-3-4-6-13(12)19/h3-6,11H,7-10H2,1-2H3. The number of hydrogen-bond acceptors (Lipinski definition) is 3. The molecule has 0 aliphatic heterocycles. The zero-order valence-corrected chi connectivity index (χ0v) is 15.9. The lowest BCUT2D eigenvalue weighted by atomic mass is 9.70. The summed E-state index contributed by atoms with van der Waals surface area (Å²) in [5.74, 6) is 0.213. The van der Waals surface area contributed by atoms with Crippen LogP contribution in [0.4, 0.5) is 0 Å². The molecule has 0 aromatic heterocycles. The van der Waals surface area contributed by atoms with E-state index in [9.17, 15) is 4.79 Å². The van der Waals surface area contributed by atoms with E-state index in [1.165, 1.54) is 6.42 Å². The van der Waals surface area contributed by atoms with Crippen LogP contribution in [-0.2, 0) is 4.84 Å². The van der Waals surface area contributed by atoms with Crippen molar-refractivity contribution in [3.63, 3.8) is 0 Å². The molecule has 1 aromatic carbocycles. The fraction of sp³-hybridized carbons (Fsp3) is 0.529. The van der Waals surface area contributed by atoms with Crippen molar-refractivity contribution in [3.8, 4) is 0 Å². The molecule has 5 heteroatoms. The van der Waals surface area contributed by atoms with E-state index in [2.05, 4.69) is 50.9 Å². The number of carbonyl (C=O) groups is 1. The number of carbonyl (C=O) groups excluding carboxylic acids is 1. The first-order valence-electron chi connectivity index (χ1n) is 7.51. The molecular weight excluding hydrogens is 410 g/mol.